The van der Waals surface area contributed by atoms with Crippen molar-refractivity contribution >= 4 is 0 Å². The van der Waals surface area contributed by atoms with Crippen LogP contribution in [0.1, 0.15) is 23.1 Å². The molecule has 3 aromatic heterocycles. The second-order valence-corrected chi connectivity index (χ2v) is 6.34. The van der Waals surface area contributed by atoms with E-state index in [4.69, 9.17) is 4.74 Å². The minimum atomic E-state index is 0.158. The lowest BCUT2D eigenvalue weighted by molar-refractivity contribution is 0.124. The predicted molar refractivity (Wildman–Crippen MR) is 94.1 cm³/mol. The van der Waals surface area contributed by atoms with Gasteiger partial charge in [0.1, 0.15) is 6.61 Å². The van der Waals surface area contributed by atoms with Crippen LogP contribution in [0.5, 0.6) is 5.88 Å². The van der Waals surface area contributed by atoms with Crippen molar-refractivity contribution in [3.63, 3.8) is 0 Å². The maximum absolute atomic E-state index is 5.88. The van der Waals surface area contributed by atoms with Gasteiger partial charge in [-0.05, 0) is 31.2 Å². The monoisotopic (exact) mass is 335 g/mol. The highest BCUT2D eigenvalue weighted by molar-refractivity contribution is 5.12. The highest BCUT2D eigenvalue weighted by Gasteiger charge is 2.26. The van der Waals surface area contributed by atoms with Crippen LogP contribution in [0.15, 0.2) is 54.9 Å². The van der Waals surface area contributed by atoms with E-state index in [1.165, 1.54) is 5.69 Å². The van der Waals surface area contributed by atoms with Gasteiger partial charge in [-0.3, -0.25) is 14.6 Å². The average Bonchev–Trinajstić information content (AvgIpc) is 3.09. The van der Waals surface area contributed by atoms with Crippen LogP contribution in [0.25, 0.3) is 0 Å². The van der Waals surface area contributed by atoms with Crippen LogP contribution in [0.4, 0.5) is 0 Å². The van der Waals surface area contributed by atoms with Gasteiger partial charge in [0, 0.05) is 43.8 Å². The number of aromatic nitrogens is 4. The Morgan fingerprint density at radius 3 is 2.92 bits per heavy atom. The van der Waals surface area contributed by atoms with Crippen LogP contribution in [0.2, 0.25) is 0 Å². The Morgan fingerprint density at radius 2 is 2.08 bits per heavy atom. The Morgan fingerprint density at radius 1 is 1.12 bits per heavy atom. The van der Waals surface area contributed by atoms with Gasteiger partial charge in [-0.2, -0.15) is 5.10 Å². The van der Waals surface area contributed by atoms with Crippen LogP contribution >= 0.6 is 0 Å². The van der Waals surface area contributed by atoms with Crippen LogP contribution in [0.3, 0.4) is 0 Å². The molecule has 1 unspecified atom stereocenters. The molecule has 0 saturated carbocycles. The molecule has 1 aliphatic rings. The maximum Gasteiger partial charge on any atom is 0.213 e. The fourth-order valence-electron chi connectivity index (χ4n) is 3.24. The molecule has 128 valence electrons. The maximum atomic E-state index is 5.88. The molecule has 0 bridgehead atoms. The largest absolute Gasteiger partial charge is 0.475 e. The Labute approximate surface area is 147 Å². The SMILES string of the molecule is Cc1cccc(CN2Cc3ccnn3C(COc3ccccn3)C2)n1. The molecule has 6 nitrogen and oxygen atoms in total. The van der Waals surface area contributed by atoms with E-state index < -0.39 is 0 Å². The van der Waals surface area contributed by atoms with Gasteiger partial charge < -0.3 is 4.74 Å². The summed E-state index contributed by atoms with van der Waals surface area (Å²) in [7, 11) is 0. The number of rotatable bonds is 5. The quantitative estimate of drug-likeness (QED) is 0.717. The molecule has 0 N–H and O–H groups in total. The lowest BCUT2D eigenvalue weighted by Crippen LogP contribution is -2.39. The molecular formula is C19H21N5O. The van der Waals surface area contributed by atoms with Crippen molar-refractivity contribution in [3.05, 3.63) is 71.9 Å². The molecule has 4 rings (SSSR count). The molecule has 1 aliphatic heterocycles. The topological polar surface area (TPSA) is 56.1 Å². The molecule has 0 aliphatic carbocycles. The van der Waals surface area contributed by atoms with Crippen molar-refractivity contribution in [1.29, 1.82) is 0 Å². The summed E-state index contributed by atoms with van der Waals surface area (Å²) >= 11 is 0. The highest BCUT2D eigenvalue weighted by Crippen LogP contribution is 2.22. The summed E-state index contributed by atoms with van der Waals surface area (Å²) in [5, 5.41) is 4.48. The molecule has 0 amide bonds. The molecule has 1 atom stereocenters. The van der Waals surface area contributed by atoms with Crippen molar-refractivity contribution in [3.8, 4) is 5.88 Å². The molecule has 0 aromatic carbocycles. The summed E-state index contributed by atoms with van der Waals surface area (Å²) in [5.74, 6) is 0.647. The second kappa shape index (κ2) is 7.03. The van der Waals surface area contributed by atoms with Gasteiger partial charge in [0.25, 0.3) is 0 Å². The first-order valence-corrected chi connectivity index (χ1v) is 8.49. The lowest BCUT2D eigenvalue weighted by Gasteiger charge is -2.33. The third-order valence-corrected chi connectivity index (χ3v) is 4.35. The Hall–Kier alpha value is -2.73. The molecule has 0 radical (unpaired) electrons. The van der Waals surface area contributed by atoms with Crippen LogP contribution in [-0.2, 0) is 13.1 Å². The molecular weight excluding hydrogens is 314 g/mol. The number of fused-ring (bicyclic) bond motifs is 1. The summed E-state index contributed by atoms with van der Waals surface area (Å²) in [6.07, 6.45) is 3.60. The molecule has 25 heavy (non-hydrogen) atoms. The number of ether oxygens (including phenoxy) is 1. The zero-order valence-electron chi connectivity index (χ0n) is 14.2. The lowest BCUT2D eigenvalue weighted by atomic mass is 10.2. The third-order valence-electron chi connectivity index (χ3n) is 4.35. The first-order chi connectivity index (χ1) is 12.3. The number of nitrogens with zero attached hydrogens (tertiary/aromatic N) is 5. The standard InChI is InChI=1S/C19H21N5O/c1-15-5-4-6-16(22-15)11-23-12-17-8-10-21-24(17)18(13-23)14-25-19-7-2-3-9-20-19/h2-10,18H,11-14H2,1H3. The predicted octanol–water partition coefficient (Wildman–Crippen LogP) is 2.62. The smallest absolute Gasteiger partial charge is 0.213 e. The van der Waals surface area contributed by atoms with E-state index in [-0.39, 0.29) is 6.04 Å². The van der Waals surface area contributed by atoms with Crippen LogP contribution in [0, 0.1) is 6.92 Å². The summed E-state index contributed by atoms with van der Waals surface area (Å²) in [6.45, 7) is 5.14. The van der Waals surface area contributed by atoms with Gasteiger partial charge >= 0.3 is 0 Å². The summed E-state index contributed by atoms with van der Waals surface area (Å²) < 4.78 is 7.95. The van der Waals surface area contributed by atoms with E-state index in [0.29, 0.717) is 12.5 Å². The highest BCUT2D eigenvalue weighted by atomic mass is 16.5. The van der Waals surface area contributed by atoms with Gasteiger partial charge in [-0.15, -0.1) is 0 Å². The minimum absolute atomic E-state index is 0.158. The van der Waals surface area contributed by atoms with Gasteiger partial charge in [0.15, 0.2) is 0 Å². The molecule has 0 spiro atoms. The van der Waals surface area contributed by atoms with Crippen molar-refractivity contribution in [2.24, 2.45) is 0 Å². The Bertz CT molecular complexity index is 833. The number of hydrogen-bond donors (Lipinski definition) is 0. The number of aryl methyl sites for hydroxylation is 1. The zero-order valence-corrected chi connectivity index (χ0v) is 14.2. The van der Waals surface area contributed by atoms with Crippen molar-refractivity contribution in [2.75, 3.05) is 13.2 Å². The van der Waals surface area contributed by atoms with E-state index in [0.717, 1.165) is 31.0 Å². The first kappa shape index (κ1) is 15.8. The van der Waals surface area contributed by atoms with E-state index in [1.54, 1.807) is 6.20 Å². The first-order valence-electron chi connectivity index (χ1n) is 8.49. The van der Waals surface area contributed by atoms with Crippen LogP contribution in [-0.4, -0.2) is 37.8 Å². The van der Waals surface area contributed by atoms with E-state index in [2.05, 4.69) is 42.8 Å². The van der Waals surface area contributed by atoms with Gasteiger partial charge in [0.05, 0.1) is 17.4 Å². The van der Waals surface area contributed by atoms with Crippen molar-refractivity contribution in [2.45, 2.75) is 26.1 Å². The molecule has 0 fully saturated rings. The normalized spacial score (nSPS) is 17.2. The molecule has 6 heteroatoms. The van der Waals surface area contributed by atoms with Gasteiger partial charge in [-0.1, -0.05) is 12.1 Å². The van der Waals surface area contributed by atoms with Crippen molar-refractivity contribution in [1.82, 2.24) is 24.6 Å². The Kier molecular flexibility index (Phi) is 4.43. The molecule has 4 heterocycles. The molecule has 3 aromatic rings. The minimum Gasteiger partial charge on any atom is -0.475 e. The fourth-order valence-corrected chi connectivity index (χ4v) is 3.24. The molecule has 0 saturated heterocycles. The fraction of sp³-hybridized carbons (Fsp3) is 0.316. The summed E-state index contributed by atoms with van der Waals surface area (Å²) in [6, 6.07) is 14.1. The third kappa shape index (κ3) is 3.69. The zero-order chi connectivity index (χ0) is 17.1. The average molecular weight is 335 g/mol. The van der Waals surface area contributed by atoms with Crippen LogP contribution < -0.4 is 4.74 Å². The number of hydrogen-bond acceptors (Lipinski definition) is 5. The number of pyridine rings is 2. The second-order valence-electron chi connectivity index (χ2n) is 6.34. The van der Waals surface area contributed by atoms with E-state index in [1.807, 2.05) is 37.4 Å². The summed E-state index contributed by atoms with van der Waals surface area (Å²) in [4.78, 5) is 11.2. The van der Waals surface area contributed by atoms with Crippen molar-refractivity contribution < 1.29 is 4.74 Å². The van der Waals surface area contributed by atoms with E-state index in [9.17, 15) is 0 Å². The van der Waals surface area contributed by atoms with E-state index >= 15 is 0 Å². The Balaban J connectivity index is 1.47. The van der Waals surface area contributed by atoms with Gasteiger partial charge in [0.2, 0.25) is 5.88 Å². The summed E-state index contributed by atoms with van der Waals surface area (Å²) in [5.41, 5.74) is 3.35. The van der Waals surface area contributed by atoms with Gasteiger partial charge in [-0.25, -0.2) is 4.98 Å².